The van der Waals surface area contributed by atoms with Crippen molar-refractivity contribution in [1.82, 2.24) is 9.88 Å². The molecule has 1 aliphatic heterocycles. The van der Waals surface area contributed by atoms with Crippen molar-refractivity contribution in [1.29, 1.82) is 0 Å². The van der Waals surface area contributed by atoms with Crippen LogP contribution in [-0.2, 0) is 0 Å². The number of thioether (sulfide) groups is 1. The van der Waals surface area contributed by atoms with Crippen LogP contribution in [0, 0.1) is 6.92 Å². The molecule has 1 amide bonds. The van der Waals surface area contributed by atoms with E-state index in [9.17, 15) is 4.79 Å². The molecule has 0 saturated carbocycles. The molecule has 0 N–H and O–H groups in total. The summed E-state index contributed by atoms with van der Waals surface area (Å²) in [6.45, 7) is 2.76. The lowest BCUT2D eigenvalue weighted by molar-refractivity contribution is 0.0835. The van der Waals surface area contributed by atoms with E-state index in [0.717, 1.165) is 32.9 Å². The van der Waals surface area contributed by atoms with Gasteiger partial charge in [0.25, 0.3) is 5.91 Å². The summed E-state index contributed by atoms with van der Waals surface area (Å²) in [7, 11) is 0. The molecular formula is C13H12N2OS3. The second-order valence-electron chi connectivity index (χ2n) is 4.06. The number of thiazole rings is 1. The lowest BCUT2D eigenvalue weighted by Gasteiger charge is -2.15. The monoisotopic (exact) mass is 308 g/mol. The van der Waals surface area contributed by atoms with Gasteiger partial charge in [-0.25, -0.2) is 4.98 Å². The molecule has 6 heteroatoms. The maximum Gasteiger partial charge on any atom is 0.268 e. The van der Waals surface area contributed by atoms with E-state index in [1.54, 1.807) is 23.1 Å². The molecule has 0 atom stereocenters. The number of rotatable bonds is 2. The van der Waals surface area contributed by atoms with Crippen molar-refractivity contribution in [2.75, 3.05) is 12.3 Å². The minimum absolute atomic E-state index is 0.0956. The number of carbonyl (C=O) groups excluding carboxylic acids is 1. The summed E-state index contributed by atoms with van der Waals surface area (Å²) in [5, 5.41) is 6.01. The van der Waals surface area contributed by atoms with Crippen molar-refractivity contribution in [3.63, 3.8) is 0 Å². The summed E-state index contributed by atoms with van der Waals surface area (Å²) < 4.78 is 0. The Labute approximate surface area is 124 Å². The summed E-state index contributed by atoms with van der Waals surface area (Å²) in [6, 6.07) is 3.79. The second kappa shape index (κ2) is 5.48. The minimum Gasteiger partial charge on any atom is -0.301 e. The fraction of sp³-hybridized carbons (Fsp3) is 0.231. The molecule has 0 spiro atoms. The second-order valence-corrected chi connectivity index (χ2v) is 7.18. The van der Waals surface area contributed by atoms with Crippen molar-refractivity contribution in [3.8, 4) is 0 Å². The summed E-state index contributed by atoms with van der Waals surface area (Å²) in [6.07, 6.45) is 2.01. The summed E-state index contributed by atoms with van der Waals surface area (Å²) >= 11 is 4.83. The zero-order valence-electron chi connectivity index (χ0n) is 10.3. The molecule has 1 aliphatic rings. The SMILES string of the molecule is Cc1nc(/C=C2/SCCN2C(=O)c2cccs2)cs1. The van der Waals surface area contributed by atoms with Crippen LogP contribution in [0.1, 0.15) is 20.4 Å². The molecule has 1 saturated heterocycles. The number of hydrogen-bond donors (Lipinski definition) is 0. The van der Waals surface area contributed by atoms with Crippen LogP contribution in [0.25, 0.3) is 6.08 Å². The first kappa shape index (κ1) is 12.9. The van der Waals surface area contributed by atoms with E-state index in [4.69, 9.17) is 0 Å². The number of amides is 1. The molecule has 19 heavy (non-hydrogen) atoms. The number of aromatic nitrogens is 1. The topological polar surface area (TPSA) is 33.2 Å². The molecule has 0 radical (unpaired) electrons. The van der Waals surface area contributed by atoms with E-state index in [0.29, 0.717) is 0 Å². The van der Waals surface area contributed by atoms with Crippen LogP contribution in [0.3, 0.4) is 0 Å². The molecule has 0 unspecified atom stereocenters. The highest BCUT2D eigenvalue weighted by atomic mass is 32.2. The van der Waals surface area contributed by atoms with Gasteiger partial charge in [-0.2, -0.15) is 0 Å². The van der Waals surface area contributed by atoms with E-state index in [2.05, 4.69) is 4.98 Å². The maximum atomic E-state index is 12.4. The Morgan fingerprint density at radius 2 is 2.37 bits per heavy atom. The third-order valence-corrected chi connectivity index (χ3v) is 5.39. The highest BCUT2D eigenvalue weighted by Crippen LogP contribution is 2.32. The molecule has 0 aliphatic carbocycles. The number of thiophene rings is 1. The largest absolute Gasteiger partial charge is 0.301 e. The molecule has 2 aromatic rings. The third kappa shape index (κ3) is 2.75. The average molecular weight is 308 g/mol. The Morgan fingerprint density at radius 3 is 3.05 bits per heavy atom. The first-order valence-corrected chi connectivity index (χ1v) is 8.60. The highest BCUT2D eigenvalue weighted by molar-refractivity contribution is 8.03. The smallest absolute Gasteiger partial charge is 0.268 e. The molecule has 3 heterocycles. The molecular weight excluding hydrogens is 296 g/mol. The Balaban J connectivity index is 1.85. The highest BCUT2D eigenvalue weighted by Gasteiger charge is 2.25. The number of hydrogen-bond acceptors (Lipinski definition) is 5. The predicted octanol–water partition coefficient (Wildman–Crippen LogP) is 3.70. The van der Waals surface area contributed by atoms with Crippen LogP contribution >= 0.6 is 34.4 Å². The van der Waals surface area contributed by atoms with Gasteiger partial charge < -0.3 is 4.90 Å². The average Bonchev–Trinajstić information content (AvgIpc) is 3.10. The molecule has 98 valence electrons. The van der Waals surface area contributed by atoms with Crippen LogP contribution in [0.4, 0.5) is 0 Å². The fourth-order valence-electron chi connectivity index (χ4n) is 1.86. The summed E-state index contributed by atoms with van der Waals surface area (Å²) in [5.74, 6) is 1.05. The predicted molar refractivity (Wildman–Crippen MR) is 82.6 cm³/mol. The zero-order chi connectivity index (χ0) is 13.2. The lowest BCUT2D eigenvalue weighted by Crippen LogP contribution is -2.25. The van der Waals surface area contributed by atoms with Crippen molar-refractivity contribution in [3.05, 3.63) is 43.5 Å². The number of nitrogens with zero attached hydrogens (tertiary/aromatic N) is 2. The third-order valence-electron chi connectivity index (χ3n) is 2.72. The molecule has 0 bridgehead atoms. The van der Waals surface area contributed by atoms with Gasteiger partial charge in [-0.05, 0) is 24.4 Å². The quantitative estimate of drug-likeness (QED) is 0.848. The van der Waals surface area contributed by atoms with Crippen molar-refractivity contribution in [2.45, 2.75) is 6.92 Å². The van der Waals surface area contributed by atoms with Gasteiger partial charge in [0.1, 0.15) is 0 Å². The molecule has 3 nitrogen and oxygen atoms in total. The van der Waals surface area contributed by atoms with Crippen LogP contribution in [0.2, 0.25) is 0 Å². The van der Waals surface area contributed by atoms with Gasteiger partial charge in [0.2, 0.25) is 0 Å². The first-order chi connectivity index (χ1) is 9.24. The molecule has 2 aromatic heterocycles. The Bertz CT molecular complexity index is 616. The van der Waals surface area contributed by atoms with E-state index in [-0.39, 0.29) is 5.91 Å². The summed E-state index contributed by atoms with van der Waals surface area (Å²) in [4.78, 5) is 19.4. The molecule has 1 fully saturated rings. The maximum absolute atomic E-state index is 12.4. The number of carbonyl (C=O) groups is 1. The van der Waals surface area contributed by atoms with Gasteiger partial charge >= 0.3 is 0 Å². The summed E-state index contributed by atoms with van der Waals surface area (Å²) in [5.41, 5.74) is 0.941. The first-order valence-electron chi connectivity index (χ1n) is 5.86. The standard InChI is InChI=1S/C13H12N2OS3/c1-9-14-10(8-19-9)7-12-15(4-6-18-12)13(16)11-3-2-5-17-11/h2-3,5,7-8H,4,6H2,1H3/b12-7+. The normalized spacial score (nSPS) is 17.3. The van der Waals surface area contributed by atoms with Crippen LogP contribution in [0.15, 0.2) is 27.9 Å². The van der Waals surface area contributed by atoms with Gasteiger partial charge in [-0.1, -0.05) is 6.07 Å². The van der Waals surface area contributed by atoms with Gasteiger partial charge in [-0.15, -0.1) is 34.4 Å². The van der Waals surface area contributed by atoms with Crippen LogP contribution in [0.5, 0.6) is 0 Å². The Morgan fingerprint density at radius 1 is 1.47 bits per heavy atom. The van der Waals surface area contributed by atoms with Crippen molar-refractivity contribution in [2.24, 2.45) is 0 Å². The zero-order valence-corrected chi connectivity index (χ0v) is 12.8. The Kier molecular flexibility index (Phi) is 3.72. The van der Waals surface area contributed by atoms with Crippen molar-refractivity contribution < 1.29 is 4.79 Å². The van der Waals surface area contributed by atoms with E-state index in [1.165, 1.54) is 11.3 Å². The fourth-order valence-corrected chi connectivity index (χ4v) is 4.12. The van der Waals surface area contributed by atoms with Gasteiger partial charge in [0.05, 0.1) is 20.6 Å². The minimum atomic E-state index is 0.0956. The van der Waals surface area contributed by atoms with Crippen LogP contribution in [-0.4, -0.2) is 28.1 Å². The van der Waals surface area contributed by atoms with Gasteiger partial charge in [0, 0.05) is 17.7 Å². The van der Waals surface area contributed by atoms with E-state index >= 15 is 0 Å². The molecule has 3 rings (SSSR count). The van der Waals surface area contributed by atoms with Gasteiger partial charge in [0.15, 0.2) is 0 Å². The van der Waals surface area contributed by atoms with Gasteiger partial charge in [-0.3, -0.25) is 4.79 Å². The van der Waals surface area contributed by atoms with Crippen LogP contribution < -0.4 is 0 Å². The lowest BCUT2D eigenvalue weighted by atomic mass is 10.4. The number of aryl methyl sites for hydroxylation is 1. The van der Waals surface area contributed by atoms with E-state index < -0.39 is 0 Å². The van der Waals surface area contributed by atoms with E-state index in [1.807, 2.05) is 40.8 Å². The molecule has 0 aromatic carbocycles. The van der Waals surface area contributed by atoms with Crippen molar-refractivity contribution >= 4 is 46.4 Å². The Hall–Kier alpha value is -1.11.